The fraction of sp³-hybridized carbons (Fsp3) is 0.421. The fourth-order valence-electron chi connectivity index (χ4n) is 5.58. The molecule has 0 spiro atoms. The number of benzene rings is 2. The summed E-state index contributed by atoms with van der Waals surface area (Å²) in [6.45, 7) is 30.9. The lowest BCUT2D eigenvalue weighted by Crippen LogP contribution is -2.03. The zero-order valence-corrected chi connectivity index (χ0v) is 26.1. The van der Waals surface area contributed by atoms with Gasteiger partial charge in [-0.1, -0.05) is 67.1 Å². The summed E-state index contributed by atoms with van der Waals surface area (Å²) in [6.07, 6.45) is 12.3. The van der Waals surface area contributed by atoms with Crippen LogP contribution >= 0.6 is 0 Å². The Labute approximate surface area is 235 Å². The van der Waals surface area contributed by atoms with Crippen LogP contribution in [0, 0.1) is 34.6 Å². The lowest BCUT2D eigenvalue weighted by atomic mass is 9.83. The molecule has 0 bridgehead atoms. The Bertz CT molecular complexity index is 1200. The first-order valence-corrected chi connectivity index (χ1v) is 14.4. The molecule has 0 aliphatic carbocycles. The minimum Gasteiger partial charge on any atom is -0.100 e. The molecule has 0 aromatic heterocycles. The summed E-state index contributed by atoms with van der Waals surface area (Å²) in [7, 11) is 0. The molecule has 0 heterocycles. The van der Waals surface area contributed by atoms with Crippen molar-refractivity contribution in [2.75, 3.05) is 0 Å². The van der Waals surface area contributed by atoms with Gasteiger partial charge in [0, 0.05) is 0 Å². The molecule has 0 saturated carbocycles. The van der Waals surface area contributed by atoms with E-state index in [4.69, 9.17) is 0 Å². The van der Waals surface area contributed by atoms with Gasteiger partial charge in [-0.15, -0.1) is 6.58 Å². The molecule has 0 aliphatic heterocycles. The van der Waals surface area contributed by atoms with Crippen LogP contribution in [-0.2, 0) is 0 Å². The number of rotatable bonds is 12. The van der Waals surface area contributed by atoms with Gasteiger partial charge in [-0.3, -0.25) is 0 Å². The predicted molar refractivity (Wildman–Crippen MR) is 173 cm³/mol. The highest BCUT2D eigenvalue weighted by atomic mass is 14.2. The number of hydrogen-bond donors (Lipinski definition) is 0. The third kappa shape index (κ3) is 8.07. The molecule has 0 heteroatoms. The van der Waals surface area contributed by atoms with E-state index < -0.39 is 0 Å². The lowest BCUT2D eigenvalue weighted by molar-refractivity contribution is 0.575. The molecular weight excluding hydrogens is 456 g/mol. The van der Waals surface area contributed by atoms with Crippen molar-refractivity contribution in [1.29, 1.82) is 0 Å². The van der Waals surface area contributed by atoms with E-state index in [9.17, 15) is 0 Å². The number of allylic oxidation sites excluding steroid dienone is 7. The van der Waals surface area contributed by atoms with E-state index in [0.717, 1.165) is 12.8 Å². The molecule has 0 nitrogen and oxygen atoms in total. The molecule has 1 atom stereocenters. The monoisotopic (exact) mass is 508 g/mol. The van der Waals surface area contributed by atoms with Crippen LogP contribution in [0.5, 0.6) is 0 Å². The van der Waals surface area contributed by atoms with Gasteiger partial charge in [-0.05, 0) is 162 Å². The summed E-state index contributed by atoms with van der Waals surface area (Å²) >= 11 is 0. The maximum Gasteiger partial charge on any atom is -0.00235 e. The van der Waals surface area contributed by atoms with Gasteiger partial charge < -0.3 is 0 Å². The van der Waals surface area contributed by atoms with Crippen LogP contribution in [0.15, 0.2) is 71.9 Å². The minimum atomic E-state index is 0.635. The molecule has 2 rings (SSSR count). The third-order valence-electron chi connectivity index (χ3n) is 8.51. The van der Waals surface area contributed by atoms with Crippen molar-refractivity contribution in [2.45, 2.75) is 107 Å². The van der Waals surface area contributed by atoms with Crippen molar-refractivity contribution in [2.24, 2.45) is 0 Å². The first kappa shape index (κ1) is 31.4. The van der Waals surface area contributed by atoms with Crippen molar-refractivity contribution in [3.63, 3.8) is 0 Å². The smallest absolute Gasteiger partial charge is 0.00235 e. The second-order valence-electron chi connectivity index (χ2n) is 11.6. The van der Waals surface area contributed by atoms with E-state index in [0.29, 0.717) is 5.92 Å². The second kappa shape index (κ2) is 14.3. The van der Waals surface area contributed by atoms with Crippen molar-refractivity contribution in [3.8, 4) is 0 Å². The molecule has 204 valence electrons. The van der Waals surface area contributed by atoms with Crippen molar-refractivity contribution in [3.05, 3.63) is 116 Å². The zero-order valence-electron chi connectivity index (χ0n) is 26.1. The summed E-state index contributed by atoms with van der Waals surface area (Å²) in [4.78, 5) is 0. The summed E-state index contributed by atoms with van der Waals surface area (Å²) in [5.41, 5.74) is 17.5. The zero-order chi connectivity index (χ0) is 28.6. The SMILES string of the molecule is C=C(C)CCCC(CC)c1ccc(C=CC=C(C)C(CC(=C)c2c(C)c(C)c(C)c(C)c2C)=C(C)C)cc1. The molecule has 0 saturated heterocycles. The van der Waals surface area contributed by atoms with E-state index in [1.807, 2.05) is 0 Å². The molecule has 1 unspecified atom stereocenters. The molecule has 0 aliphatic rings. The highest BCUT2D eigenvalue weighted by Gasteiger charge is 2.16. The van der Waals surface area contributed by atoms with Gasteiger partial charge in [0.1, 0.15) is 0 Å². The lowest BCUT2D eigenvalue weighted by Gasteiger charge is -2.22. The molecule has 0 radical (unpaired) electrons. The van der Waals surface area contributed by atoms with Crippen LogP contribution < -0.4 is 0 Å². The molecular formula is C38H52. The van der Waals surface area contributed by atoms with Gasteiger partial charge in [0.2, 0.25) is 0 Å². The Morgan fingerprint density at radius 2 is 1.37 bits per heavy atom. The summed E-state index contributed by atoms with van der Waals surface area (Å²) in [6, 6.07) is 9.14. The average molecular weight is 509 g/mol. The van der Waals surface area contributed by atoms with Gasteiger partial charge in [-0.2, -0.15) is 0 Å². The van der Waals surface area contributed by atoms with Gasteiger partial charge in [0.25, 0.3) is 0 Å². The Hall–Kier alpha value is -2.86. The van der Waals surface area contributed by atoms with Crippen LogP contribution in [0.2, 0.25) is 0 Å². The maximum atomic E-state index is 4.56. The van der Waals surface area contributed by atoms with E-state index >= 15 is 0 Å². The first-order chi connectivity index (χ1) is 17.9. The molecule has 0 fully saturated rings. The standard InChI is InChI=1S/C38H52/c1-13-35(19-14-16-25(2)3)36-22-20-34(21-23-36)18-15-17-27(6)37(26(4)5)24-28(7)38-32(11)30(9)29(8)31(10)33(38)12/h15,17-18,20-23,35H,2,7,13-14,16,19,24H2,1,3-6,8-12H3. The summed E-state index contributed by atoms with van der Waals surface area (Å²) in [5.74, 6) is 0.635. The molecule has 2 aromatic rings. The van der Waals surface area contributed by atoms with Crippen molar-refractivity contribution in [1.82, 2.24) is 0 Å². The topological polar surface area (TPSA) is 0 Å². The van der Waals surface area contributed by atoms with Gasteiger partial charge in [-0.25, -0.2) is 0 Å². The van der Waals surface area contributed by atoms with E-state index in [1.54, 1.807) is 0 Å². The quantitative estimate of drug-likeness (QED) is 0.197. The Morgan fingerprint density at radius 1 is 0.816 bits per heavy atom. The van der Waals surface area contributed by atoms with Crippen LogP contribution in [0.3, 0.4) is 0 Å². The average Bonchev–Trinajstić information content (AvgIpc) is 2.87. The van der Waals surface area contributed by atoms with Gasteiger partial charge >= 0.3 is 0 Å². The van der Waals surface area contributed by atoms with Crippen LogP contribution in [-0.4, -0.2) is 0 Å². The fourth-order valence-corrected chi connectivity index (χ4v) is 5.58. The Balaban J connectivity index is 2.17. The largest absolute Gasteiger partial charge is 0.100 e. The molecule has 0 amide bonds. The second-order valence-corrected chi connectivity index (χ2v) is 11.6. The van der Waals surface area contributed by atoms with Crippen LogP contribution in [0.4, 0.5) is 0 Å². The van der Waals surface area contributed by atoms with Gasteiger partial charge in [0.15, 0.2) is 0 Å². The van der Waals surface area contributed by atoms with E-state index in [-0.39, 0.29) is 0 Å². The normalized spacial score (nSPS) is 12.6. The van der Waals surface area contributed by atoms with Crippen LogP contribution in [0.25, 0.3) is 11.6 Å². The molecule has 0 N–H and O–H groups in total. The predicted octanol–water partition coefficient (Wildman–Crippen LogP) is 11.9. The first-order valence-electron chi connectivity index (χ1n) is 14.4. The highest BCUT2D eigenvalue weighted by molar-refractivity contribution is 5.74. The maximum absolute atomic E-state index is 4.56. The van der Waals surface area contributed by atoms with Gasteiger partial charge in [0.05, 0.1) is 0 Å². The number of hydrogen-bond acceptors (Lipinski definition) is 0. The third-order valence-corrected chi connectivity index (χ3v) is 8.51. The minimum absolute atomic E-state index is 0.635. The van der Waals surface area contributed by atoms with E-state index in [2.05, 4.69) is 125 Å². The Morgan fingerprint density at radius 3 is 1.87 bits per heavy atom. The van der Waals surface area contributed by atoms with Crippen molar-refractivity contribution < 1.29 is 0 Å². The Kier molecular flexibility index (Phi) is 11.8. The highest BCUT2D eigenvalue weighted by Crippen LogP contribution is 2.35. The van der Waals surface area contributed by atoms with E-state index in [1.165, 1.54) is 91.6 Å². The molecule has 38 heavy (non-hydrogen) atoms. The summed E-state index contributed by atoms with van der Waals surface area (Å²) < 4.78 is 0. The van der Waals surface area contributed by atoms with Crippen LogP contribution in [0.1, 0.15) is 117 Å². The molecule has 2 aromatic carbocycles. The van der Waals surface area contributed by atoms with Crippen molar-refractivity contribution >= 4 is 11.6 Å². The summed E-state index contributed by atoms with van der Waals surface area (Å²) in [5, 5.41) is 0.